The second-order valence-corrected chi connectivity index (χ2v) is 14.4. The van der Waals surface area contributed by atoms with Crippen LogP contribution < -0.4 is 0 Å². The Kier molecular flexibility index (Phi) is 4.06. The average molecular weight is 363 g/mol. The maximum atomic E-state index is 6.44. The van der Waals surface area contributed by atoms with Gasteiger partial charge in [0.1, 0.15) is 0 Å². The minimum atomic E-state index is -1.55. The lowest BCUT2D eigenvalue weighted by Gasteiger charge is -2.59. The fourth-order valence-electron chi connectivity index (χ4n) is 5.70. The molecule has 3 aliphatic carbocycles. The van der Waals surface area contributed by atoms with Gasteiger partial charge in [-0.1, -0.05) is 25.5 Å². The zero-order valence-corrected chi connectivity index (χ0v) is 17.6. The van der Waals surface area contributed by atoms with Crippen LogP contribution in [0, 0.1) is 16.7 Å². The molecule has 1 heterocycles. The van der Waals surface area contributed by atoms with Crippen molar-refractivity contribution in [1.82, 2.24) is 0 Å². The fraction of sp³-hybridized carbons (Fsp3) is 0.810. The normalized spacial score (nSPS) is 40.1. The van der Waals surface area contributed by atoms with Crippen LogP contribution in [-0.4, -0.2) is 27.3 Å². The summed E-state index contributed by atoms with van der Waals surface area (Å²) >= 11 is 0. The van der Waals surface area contributed by atoms with Crippen LogP contribution in [0.15, 0.2) is 23.5 Å². The van der Waals surface area contributed by atoms with Gasteiger partial charge in [0.15, 0.2) is 5.79 Å². The van der Waals surface area contributed by atoms with E-state index in [9.17, 15) is 0 Å². The molecule has 1 unspecified atom stereocenters. The summed E-state index contributed by atoms with van der Waals surface area (Å²) < 4.78 is 18.5. The highest BCUT2D eigenvalue weighted by Gasteiger charge is 2.58. The first-order valence-electron chi connectivity index (χ1n) is 10.0. The van der Waals surface area contributed by atoms with Gasteiger partial charge in [-0.3, -0.25) is 0 Å². The molecule has 0 radical (unpaired) electrons. The Morgan fingerprint density at radius 3 is 2.52 bits per heavy atom. The van der Waals surface area contributed by atoms with E-state index in [4.69, 9.17) is 13.9 Å². The molecule has 1 saturated heterocycles. The molecule has 4 rings (SSSR count). The van der Waals surface area contributed by atoms with E-state index in [-0.39, 0.29) is 16.6 Å². The molecule has 25 heavy (non-hydrogen) atoms. The van der Waals surface area contributed by atoms with Crippen molar-refractivity contribution < 1.29 is 13.9 Å². The van der Waals surface area contributed by atoms with E-state index in [1.165, 1.54) is 18.6 Å². The Balaban J connectivity index is 1.66. The third-order valence-corrected chi connectivity index (χ3v) is 8.19. The molecular weight excluding hydrogens is 328 g/mol. The van der Waals surface area contributed by atoms with Gasteiger partial charge in [-0.15, -0.1) is 0 Å². The lowest BCUT2D eigenvalue weighted by Crippen LogP contribution is -2.53. The van der Waals surface area contributed by atoms with E-state index >= 15 is 0 Å². The van der Waals surface area contributed by atoms with Gasteiger partial charge in [-0.05, 0) is 56.3 Å². The van der Waals surface area contributed by atoms with Crippen LogP contribution in [0.2, 0.25) is 19.6 Å². The zero-order chi connectivity index (χ0) is 17.9. The Morgan fingerprint density at radius 1 is 1.12 bits per heavy atom. The summed E-state index contributed by atoms with van der Waals surface area (Å²) in [7, 11) is -1.55. The number of hydrogen-bond acceptors (Lipinski definition) is 3. The monoisotopic (exact) mass is 362 g/mol. The van der Waals surface area contributed by atoms with Crippen molar-refractivity contribution in [3.05, 3.63) is 23.5 Å². The molecule has 4 heteroatoms. The van der Waals surface area contributed by atoms with Gasteiger partial charge in [-0.25, -0.2) is 0 Å². The van der Waals surface area contributed by atoms with E-state index in [0.717, 1.165) is 44.8 Å². The van der Waals surface area contributed by atoms with Gasteiger partial charge in [-0.2, -0.15) is 0 Å². The summed E-state index contributed by atoms with van der Waals surface area (Å²) in [5.41, 5.74) is 1.94. The minimum Gasteiger partial charge on any atom is -0.548 e. The molecule has 0 amide bonds. The molecule has 1 saturated carbocycles. The van der Waals surface area contributed by atoms with Crippen molar-refractivity contribution in [1.29, 1.82) is 0 Å². The highest BCUT2D eigenvalue weighted by Crippen LogP contribution is 2.64. The molecule has 1 spiro atoms. The molecule has 0 N–H and O–H groups in total. The maximum absolute atomic E-state index is 6.44. The Hall–Kier alpha value is -0.583. The van der Waals surface area contributed by atoms with E-state index in [2.05, 4.69) is 45.6 Å². The number of allylic oxidation sites excluding steroid dienone is 3. The van der Waals surface area contributed by atoms with Crippen molar-refractivity contribution in [2.24, 2.45) is 16.7 Å². The summed E-state index contributed by atoms with van der Waals surface area (Å²) in [6, 6.07) is 0. The van der Waals surface area contributed by atoms with Crippen LogP contribution in [-0.2, 0) is 13.9 Å². The van der Waals surface area contributed by atoms with E-state index in [1.807, 2.05) is 0 Å². The van der Waals surface area contributed by atoms with Crippen molar-refractivity contribution in [2.75, 3.05) is 13.2 Å². The second-order valence-electron chi connectivity index (χ2n) is 9.92. The van der Waals surface area contributed by atoms with Crippen LogP contribution in [0.5, 0.6) is 0 Å². The smallest absolute Gasteiger partial charge is 0.241 e. The summed E-state index contributed by atoms with van der Waals surface area (Å²) in [6.07, 6.45) is 11.7. The van der Waals surface area contributed by atoms with Gasteiger partial charge in [0, 0.05) is 24.7 Å². The molecule has 1 aliphatic heterocycles. The standard InChI is InChI=1S/C21H34O3Si/c1-19-10-11-21(22-12-13-23-21)14-17(19)7-6-16-8-9-18(15-20(16,19)2)24-25(3,4)5/h7,15-16H,6,8-14H2,1-5H3/t16?,19-,20-/m0/s1. The predicted octanol–water partition coefficient (Wildman–Crippen LogP) is 5.40. The molecular formula is C21H34O3Si. The van der Waals surface area contributed by atoms with Gasteiger partial charge in [0.2, 0.25) is 8.32 Å². The topological polar surface area (TPSA) is 27.7 Å². The molecule has 0 aromatic rings. The van der Waals surface area contributed by atoms with Crippen molar-refractivity contribution in [2.45, 2.75) is 77.8 Å². The highest BCUT2D eigenvalue weighted by molar-refractivity contribution is 6.70. The fourth-order valence-corrected chi connectivity index (χ4v) is 6.65. The molecule has 140 valence electrons. The van der Waals surface area contributed by atoms with Gasteiger partial charge >= 0.3 is 0 Å². The quantitative estimate of drug-likeness (QED) is 0.486. The number of rotatable bonds is 2. The van der Waals surface area contributed by atoms with Gasteiger partial charge in [0.25, 0.3) is 0 Å². The third kappa shape index (κ3) is 2.85. The lowest BCUT2D eigenvalue weighted by atomic mass is 9.47. The summed E-state index contributed by atoms with van der Waals surface area (Å²) in [4.78, 5) is 0. The minimum absolute atomic E-state index is 0.185. The Morgan fingerprint density at radius 2 is 1.84 bits per heavy atom. The van der Waals surface area contributed by atoms with Crippen LogP contribution in [0.4, 0.5) is 0 Å². The molecule has 0 aromatic carbocycles. The molecule has 0 aromatic heterocycles. The van der Waals surface area contributed by atoms with Crippen LogP contribution >= 0.6 is 0 Å². The third-order valence-electron chi connectivity index (χ3n) is 7.31. The second kappa shape index (κ2) is 5.70. The average Bonchev–Trinajstić information content (AvgIpc) is 2.96. The first-order chi connectivity index (χ1) is 11.7. The number of hydrogen-bond donors (Lipinski definition) is 0. The molecule has 0 bridgehead atoms. The van der Waals surface area contributed by atoms with Crippen molar-refractivity contribution in [3.63, 3.8) is 0 Å². The Bertz CT molecular complexity index is 611. The lowest BCUT2D eigenvalue weighted by molar-refractivity contribution is -0.185. The SMILES string of the molecule is C[C@]12CCC3(CC1=CCC1CCC(O[Si](C)(C)C)=C[C@@]12C)OCCO3. The zero-order valence-electron chi connectivity index (χ0n) is 16.6. The maximum Gasteiger partial charge on any atom is 0.241 e. The molecule has 3 nitrogen and oxygen atoms in total. The van der Waals surface area contributed by atoms with Crippen LogP contribution in [0.25, 0.3) is 0 Å². The van der Waals surface area contributed by atoms with Gasteiger partial charge in [0.05, 0.1) is 19.0 Å². The molecule has 4 aliphatic rings. The summed E-state index contributed by atoms with van der Waals surface area (Å²) in [6.45, 7) is 13.3. The predicted molar refractivity (Wildman–Crippen MR) is 103 cm³/mol. The largest absolute Gasteiger partial charge is 0.548 e. The highest BCUT2D eigenvalue weighted by atomic mass is 28.4. The molecule has 2 fully saturated rings. The van der Waals surface area contributed by atoms with E-state index in [1.54, 1.807) is 5.57 Å². The van der Waals surface area contributed by atoms with E-state index < -0.39 is 8.32 Å². The number of fused-ring (bicyclic) bond motifs is 3. The summed E-state index contributed by atoms with van der Waals surface area (Å²) in [5.74, 6) is 1.66. The van der Waals surface area contributed by atoms with Crippen molar-refractivity contribution >= 4 is 8.32 Å². The van der Waals surface area contributed by atoms with E-state index in [0.29, 0.717) is 0 Å². The number of ether oxygens (including phenoxy) is 2. The first kappa shape index (κ1) is 17.8. The van der Waals surface area contributed by atoms with Crippen LogP contribution in [0.3, 0.4) is 0 Å². The summed E-state index contributed by atoms with van der Waals surface area (Å²) in [5, 5.41) is 0. The Labute approximate surface area is 153 Å². The van der Waals surface area contributed by atoms with Gasteiger partial charge < -0.3 is 13.9 Å². The van der Waals surface area contributed by atoms with Crippen LogP contribution in [0.1, 0.15) is 52.4 Å². The van der Waals surface area contributed by atoms with Crippen molar-refractivity contribution in [3.8, 4) is 0 Å². The first-order valence-corrected chi connectivity index (χ1v) is 13.4. The molecule has 3 atom stereocenters.